The number of allylic oxidation sites excluding steroid dienone is 1. The Labute approximate surface area is 167 Å². The van der Waals surface area contributed by atoms with Gasteiger partial charge in [-0.05, 0) is 49.8 Å². The van der Waals surface area contributed by atoms with E-state index in [1.807, 2.05) is 48.5 Å². The van der Waals surface area contributed by atoms with E-state index in [0.29, 0.717) is 18.5 Å². The van der Waals surface area contributed by atoms with E-state index in [2.05, 4.69) is 16.7 Å². The molecule has 2 aromatic carbocycles. The van der Waals surface area contributed by atoms with Gasteiger partial charge in [-0.25, -0.2) is 0 Å². The number of hydrogen-bond donors (Lipinski definition) is 2. The van der Waals surface area contributed by atoms with Crippen LogP contribution in [0.2, 0.25) is 0 Å². The van der Waals surface area contributed by atoms with Crippen molar-refractivity contribution in [2.75, 3.05) is 6.54 Å². The third kappa shape index (κ3) is 6.08. The van der Waals surface area contributed by atoms with Crippen LogP contribution in [0.1, 0.15) is 48.0 Å². The molecule has 0 radical (unpaired) electrons. The van der Waals surface area contributed by atoms with Crippen LogP contribution in [0.3, 0.4) is 0 Å². The third-order valence-corrected chi connectivity index (χ3v) is 5.07. The summed E-state index contributed by atoms with van der Waals surface area (Å²) in [6, 6.07) is 18.2. The molecule has 28 heavy (non-hydrogen) atoms. The maximum atomic E-state index is 12.8. The molecule has 0 bridgehead atoms. The Morgan fingerprint density at radius 1 is 0.929 bits per heavy atom. The van der Waals surface area contributed by atoms with E-state index >= 15 is 0 Å². The van der Waals surface area contributed by atoms with Crippen molar-refractivity contribution in [1.82, 2.24) is 10.6 Å². The lowest BCUT2D eigenvalue weighted by Gasteiger charge is -2.19. The molecule has 0 spiro atoms. The minimum Gasteiger partial charge on any atom is -0.354 e. The summed E-state index contributed by atoms with van der Waals surface area (Å²) in [7, 11) is 0. The standard InChI is InChI=1S/C24H28N2O2/c27-23(21-14-8-3-9-15-21)26-22(18-20-12-6-2-7-13-20)24(28)25-17-16-19-10-4-1-5-11-19/h2-3,6-10,12-15,22H,1,4-5,11,16-18H2,(H,25,28)(H,26,27)/t22-/m0/s1. The molecule has 1 atom stereocenters. The van der Waals surface area contributed by atoms with Crippen LogP contribution in [-0.4, -0.2) is 24.4 Å². The fourth-order valence-corrected chi connectivity index (χ4v) is 3.49. The van der Waals surface area contributed by atoms with Gasteiger partial charge in [-0.1, -0.05) is 60.2 Å². The molecular formula is C24H28N2O2. The molecule has 2 amide bonds. The maximum Gasteiger partial charge on any atom is 0.251 e. The highest BCUT2D eigenvalue weighted by atomic mass is 16.2. The van der Waals surface area contributed by atoms with Gasteiger partial charge in [0.05, 0.1) is 0 Å². The molecule has 2 aromatic rings. The van der Waals surface area contributed by atoms with Gasteiger partial charge in [-0.15, -0.1) is 0 Å². The van der Waals surface area contributed by atoms with Crippen LogP contribution in [-0.2, 0) is 11.2 Å². The van der Waals surface area contributed by atoms with E-state index in [1.165, 1.54) is 18.4 Å². The molecule has 4 nitrogen and oxygen atoms in total. The van der Waals surface area contributed by atoms with Gasteiger partial charge in [0, 0.05) is 18.5 Å². The fourth-order valence-electron chi connectivity index (χ4n) is 3.49. The van der Waals surface area contributed by atoms with Crippen molar-refractivity contribution in [1.29, 1.82) is 0 Å². The highest BCUT2D eigenvalue weighted by molar-refractivity contribution is 5.97. The molecule has 0 heterocycles. The highest BCUT2D eigenvalue weighted by Gasteiger charge is 2.21. The van der Waals surface area contributed by atoms with Gasteiger partial charge in [0.25, 0.3) is 5.91 Å². The lowest BCUT2D eigenvalue weighted by molar-refractivity contribution is -0.122. The summed E-state index contributed by atoms with van der Waals surface area (Å²) >= 11 is 0. The quantitative estimate of drug-likeness (QED) is 0.683. The molecule has 0 fully saturated rings. The van der Waals surface area contributed by atoms with Gasteiger partial charge < -0.3 is 10.6 Å². The summed E-state index contributed by atoms with van der Waals surface area (Å²) in [5.41, 5.74) is 3.01. The second kappa shape index (κ2) is 10.5. The molecule has 1 aliphatic rings. The topological polar surface area (TPSA) is 58.2 Å². The Balaban J connectivity index is 1.61. The van der Waals surface area contributed by atoms with E-state index in [9.17, 15) is 9.59 Å². The monoisotopic (exact) mass is 376 g/mol. The second-order valence-electron chi connectivity index (χ2n) is 7.23. The SMILES string of the molecule is O=C(N[C@@H](Cc1ccccc1)C(=O)NCCC1=CCCCC1)c1ccccc1. The number of benzene rings is 2. The van der Waals surface area contributed by atoms with E-state index < -0.39 is 6.04 Å². The molecule has 2 N–H and O–H groups in total. The van der Waals surface area contributed by atoms with Gasteiger partial charge in [-0.2, -0.15) is 0 Å². The number of carbonyl (C=O) groups is 2. The highest BCUT2D eigenvalue weighted by Crippen LogP contribution is 2.19. The van der Waals surface area contributed by atoms with Crippen LogP contribution in [0.4, 0.5) is 0 Å². The third-order valence-electron chi connectivity index (χ3n) is 5.07. The average molecular weight is 377 g/mol. The predicted molar refractivity (Wildman–Crippen MR) is 112 cm³/mol. The first-order valence-electron chi connectivity index (χ1n) is 10.1. The van der Waals surface area contributed by atoms with Crippen molar-refractivity contribution < 1.29 is 9.59 Å². The molecule has 4 heteroatoms. The Morgan fingerprint density at radius 3 is 2.32 bits per heavy atom. The van der Waals surface area contributed by atoms with E-state index in [-0.39, 0.29) is 11.8 Å². The van der Waals surface area contributed by atoms with Gasteiger partial charge in [-0.3, -0.25) is 9.59 Å². The predicted octanol–water partition coefficient (Wildman–Crippen LogP) is 4.03. The van der Waals surface area contributed by atoms with Crippen LogP contribution in [0.15, 0.2) is 72.3 Å². The molecule has 0 saturated heterocycles. The van der Waals surface area contributed by atoms with Crippen molar-refractivity contribution in [2.24, 2.45) is 0 Å². The Hall–Kier alpha value is -2.88. The molecular weight excluding hydrogens is 348 g/mol. The lowest BCUT2D eigenvalue weighted by atomic mass is 9.97. The van der Waals surface area contributed by atoms with Crippen molar-refractivity contribution in [3.8, 4) is 0 Å². The molecule has 0 aromatic heterocycles. The van der Waals surface area contributed by atoms with E-state index in [1.54, 1.807) is 12.1 Å². The first kappa shape index (κ1) is 19.9. The summed E-state index contributed by atoms with van der Waals surface area (Å²) in [6.45, 7) is 0.608. The first-order valence-corrected chi connectivity index (χ1v) is 10.1. The average Bonchev–Trinajstić information content (AvgIpc) is 2.75. The number of nitrogens with one attached hydrogen (secondary N) is 2. The van der Waals surface area contributed by atoms with Crippen LogP contribution in [0.5, 0.6) is 0 Å². The van der Waals surface area contributed by atoms with Gasteiger partial charge in [0.2, 0.25) is 5.91 Å². The smallest absolute Gasteiger partial charge is 0.251 e. The first-order chi connectivity index (χ1) is 13.7. The van der Waals surface area contributed by atoms with Gasteiger partial charge in [0.1, 0.15) is 6.04 Å². The number of rotatable bonds is 8. The van der Waals surface area contributed by atoms with Crippen LogP contribution >= 0.6 is 0 Å². The summed E-state index contributed by atoms with van der Waals surface area (Å²) in [5.74, 6) is -0.365. The Bertz CT molecular complexity index is 800. The van der Waals surface area contributed by atoms with E-state index in [0.717, 1.165) is 24.8 Å². The maximum absolute atomic E-state index is 12.8. The minimum atomic E-state index is -0.601. The van der Waals surface area contributed by atoms with Crippen LogP contribution < -0.4 is 10.6 Å². The Kier molecular flexibility index (Phi) is 7.42. The van der Waals surface area contributed by atoms with Gasteiger partial charge >= 0.3 is 0 Å². The zero-order chi connectivity index (χ0) is 19.6. The summed E-state index contributed by atoms with van der Waals surface area (Å²) in [5, 5.41) is 5.92. The number of amides is 2. The molecule has 1 aliphatic carbocycles. The zero-order valence-corrected chi connectivity index (χ0v) is 16.2. The van der Waals surface area contributed by atoms with E-state index in [4.69, 9.17) is 0 Å². The lowest BCUT2D eigenvalue weighted by Crippen LogP contribution is -2.48. The molecule has 3 rings (SSSR count). The van der Waals surface area contributed by atoms with Crippen molar-refractivity contribution >= 4 is 11.8 Å². The molecule has 0 unspecified atom stereocenters. The van der Waals surface area contributed by atoms with Crippen molar-refractivity contribution in [3.05, 3.63) is 83.4 Å². The minimum absolute atomic E-state index is 0.135. The van der Waals surface area contributed by atoms with Crippen molar-refractivity contribution in [3.63, 3.8) is 0 Å². The fraction of sp³-hybridized carbons (Fsp3) is 0.333. The van der Waals surface area contributed by atoms with Gasteiger partial charge in [0.15, 0.2) is 0 Å². The molecule has 0 saturated carbocycles. The molecule has 146 valence electrons. The van der Waals surface area contributed by atoms with Crippen LogP contribution in [0.25, 0.3) is 0 Å². The zero-order valence-electron chi connectivity index (χ0n) is 16.2. The normalized spacial score (nSPS) is 14.6. The summed E-state index contributed by atoms with van der Waals surface area (Å²) in [6.07, 6.45) is 8.43. The number of hydrogen-bond acceptors (Lipinski definition) is 2. The van der Waals surface area contributed by atoms with Crippen molar-refractivity contribution in [2.45, 2.75) is 44.6 Å². The Morgan fingerprint density at radius 2 is 1.64 bits per heavy atom. The second-order valence-corrected chi connectivity index (χ2v) is 7.23. The summed E-state index contributed by atoms with van der Waals surface area (Å²) in [4.78, 5) is 25.4. The largest absolute Gasteiger partial charge is 0.354 e. The number of carbonyl (C=O) groups excluding carboxylic acids is 2. The van der Waals surface area contributed by atoms with Crippen LogP contribution in [0, 0.1) is 0 Å². The molecule has 0 aliphatic heterocycles. The summed E-state index contributed by atoms with van der Waals surface area (Å²) < 4.78 is 0.